The first kappa shape index (κ1) is 16.0. The predicted molar refractivity (Wildman–Crippen MR) is 83.4 cm³/mol. The van der Waals surface area contributed by atoms with Crippen molar-refractivity contribution in [1.82, 2.24) is 19.7 Å². The van der Waals surface area contributed by atoms with Gasteiger partial charge in [-0.05, 0) is 25.5 Å². The van der Waals surface area contributed by atoms with Crippen molar-refractivity contribution in [3.8, 4) is 0 Å². The molecule has 0 fully saturated rings. The average Bonchev–Trinajstić information content (AvgIpc) is 2.96. The lowest BCUT2D eigenvalue weighted by Gasteiger charge is -2.22. The maximum atomic E-state index is 12.4. The summed E-state index contributed by atoms with van der Waals surface area (Å²) in [7, 11) is 0. The number of nitrogens with one attached hydrogen (secondary N) is 1. The number of rotatable bonds is 6. The van der Waals surface area contributed by atoms with Gasteiger partial charge in [-0.25, -0.2) is 9.48 Å². The molecule has 0 saturated carbocycles. The summed E-state index contributed by atoms with van der Waals surface area (Å²) in [6, 6.07) is 5.33. The van der Waals surface area contributed by atoms with Gasteiger partial charge in [0, 0.05) is 37.6 Å². The van der Waals surface area contributed by atoms with Gasteiger partial charge in [0.15, 0.2) is 0 Å². The van der Waals surface area contributed by atoms with Crippen molar-refractivity contribution in [1.29, 1.82) is 0 Å². The number of urea groups is 1. The first-order chi connectivity index (χ1) is 10.6. The van der Waals surface area contributed by atoms with Crippen LogP contribution in [0.1, 0.15) is 25.5 Å². The number of aliphatic hydroxyl groups is 1. The summed E-state index contributed by atoms with van der Waals surface area (Å²) >= 11 is 0. The molecule has 0 atom stereocenters. The number of pyridine rings is 1. The van der Waals surface area contributed by atoms with Crippen LogP contribution in [0, 0.1) is 0 Å². The molecular formula is C15H21N5O2. The number of anilines is 1. The maximum absolute atomic E-state index is 12.4. The molecule has 2 aromatic rings. The van der Waals surface area contributed by atoms with Gasteiger partial charge >= 0.3 is 6.03 Å². The number of hydrogen-bond acceptors (Lipinski definition) is 4. The Morgan fingerprint density at radius 2 is 2.23 bits per heavy atom. The van der Waals surface area contributed by atoms with Crippen LogP contribution in [0.3, 0.4) is 0 Å². The van der Waals surface area contributed by atoms with E-state index in [2.05, 4.69) is 15.4 Å². The molecule has 2 amide bonds. The van der Waals surface area contributed by atoms with Gasteiger partial charge in [0.25, 0.3) is 0 Å². The number of carbonyl (C=O) groups is 1. The van der Waals surface area contributed by atoms with E-state index in [1.54, 1.807) is 29.3 Å². The molecule has 0 aliphatic rings. The fourth-order valence-corrected chi connectivity index (χ4v) is 2.10. The first-order valence-electron chi connectivity index (χ1n) is 7.21. The summed E-state index contributed by atoms with van der Waals surface area (Å²) in [6.07, 6.45) is 5.03. The van der Waals surface area contributed by atoms with Crippen LogP contribution >= 0.6 is 0 Å². The highest BCUT2D eigenvalue weighted by Gasteiger charge is 2.16. The molecule has 2 heterocycles. The third-order valence-corrected chi connectivity index (χ3v) is 3.15. The Hall–Kier alpha value is -2.41. The molecule has 118 valence electrons. The smallest absolute Gasteiger partial charge is 0.323 e. The van der Waals surface area contributed by atoms with Crippen molar-refractivity contribution in [2.75, 3.05) is 18.5 Å². The van der Waals surface area contributed by atoms with Crippen LogP contribution in [0.4, 0.5) is 10.6 Å². The molecule has 2 aromatic heterocycles. The van der Waals surface area contributed by atoms with Crippen molar-refractivity contribution in [3.63, 3.8) is 0 Å². The van der Waals surface area contributed by atoms with Crippen molar-refractivity contribution in [2.45, 2.75) is 26.4 Å². The van der Waals surface area contributed by atoms with Crippen LogP contribution in [0.25, 0.3) is 0 Å². The van der Waals surface area contributed by atoms with Crippen LogP contribution in [0.5, 0.6) is 0 Å². The van der Waals surface area contributed by atoms with E-state index in [1.165, 1.54) is 4.90 Å². The van der Waals surface area contributed by atoms with E-state index in [4.69, 9.17) is 0 Å². The van der Waals surface area contributed by atoms with E-state index in [9.17, 15) is 9.90 Å². The Morgan fingerprint density at radius 1 is 1.41 bits per heavy atom. The molecule has 0 aliphatic carbocycles. The Morgan fingerprint density at radius 3 is 2.86 bits per heavy atom. The van der Waals surface area contributed by atoms with Crippen LogP contribution in [0.15, 0.2) is 36.8 Å². The van der Waals surface area contributed by atoms with E-state index >= 15 is 0 Å². The Kier molecular flexibility index (Phi) is 5.48. The minimum atomic E-state index is -0.277. The molecule has 0 aliphatic heterocycles. The second kappa shape index (κ2) is 7.56. The second-order valence-corrected chi connectivity index (χ2v) is 5.19. The van der Waals surface area contributed by atoms with Crippen LogP contribution in [-0.2, 0) is 6.54 Å². The van der Waals surface area contributed by atoms with Gasteiger partial charge in [0.2, 0.25) is 0 Å². The number of amides is 2. The fourth-order valence-electron chi connectivity index (χ4n) is 2.10. The predicted octanol–water partition coefficient (Wildman–Crippen LogP) is 1.89. The molecule has 0 aromatic carbocycles. The van der Waals surface area contributed by atoms with Gasteiger partial charge in [-0.2, -0.15) is 5.10 Å². The molecule has 0 unspecified atom stereocenters. The van der Waals surface area contributed by atoms with Crippen molar-refractivity contribution in [2.24, 2.45) is 0 Å². The summed E-state index contributed by atoms with van der Waals surface area (Å²) in [5.41, 5.74) is 0.906. The lowest BCUT2D eigenvalue weighted by Crippen LogP contribution is -2.37. The highest BCUT2D eigenvalue weighted by Crippen LogP contribution is 2.14. The topological polar surface area (TPSA) is 83.3 Å². The molecule has 7 nitrogen and oxygen atoms in total. The van der Waals surface area contributed by atoms with Gasteiger partial charge in [0.05, 0.1) is 12.8 Å². The SMILES string of the molecule is CC(C)n1nccc1NC(=O)N(CCO)Cc1cccnc1. The van der Waals surface area contributed by atoms with E-state index in [1.807, 2.05) is 26.0 Å². The number of hydrogen-bond donors (Lipinski definition) is 2. The van der Waals surface area contributed by atoms with E-state index in [0.717, 1.165) is 5.56 Å². The van der Waals surface area contributed by atoms with Gasteiger partial charge in [0.1, 0.15) is 5.82 Å². The number of nitrogens with zero attached hydrogens (tertiary/aromatic N) is 4. The van der Waals surface area contributed by atoms with Gasteiger partial charge in [-0.3, -0.25) is 10.3 Å². The molecule has 2 N–H and O–H groups in total. The normalized spacial score (nSPS) is 10.7. The van der Waals surface area contributed by atoms with Gasteiger partial charge in [-0.1, -0.05) is 6.07 Å². The van der Waals surface area contributed by atoms with E-state index < -0.39 is 0 Å². The second-order valence-electron chi connectivity index (χ2n) is 5.19. The molecule has 0 saturated heterocycles. The van der Waals surface area contributed by atoms with Crippen LogP contribution in [0.2, 0.25) is 0 Å². The Balaban J connectivity index is 2.07. The molecular weight excluding hydrogens is 282 g/mol. The maximum Gasteiger partial charge on any atom is 0.323 e. The highest BCUT2D eigenvalue weighted by atomic mass is 16.3. The minimum absolute atomic E-state index is 0.100. The van der Waals surface area contributed by atoms with Crippen LogP contribution in [-0.4, -0.2) is 44.0 Å². The van der Waals surface area contributed by atoms with Crippen LogP contribution < -0.4 is 5.32 Å². The number of carbonyl (C=O) groups excluding carboxylic acids is 1. The summed E-state index contributed by atoms with van der Waals surface area (Å²) < 4.78 is 1.74. The standard InChI is InChI=1S/C15H21N5O2/c1-12(2)20-14(5-7-17-20)18-15(22)19(8-9-21)11-13-4-3-6-16-10-13/h3-7,10,12,21H,8-9,11H2,1-2H3,(H,18,22). The zero-order valence-corrected chi connectivity index (χ0v) is 12.8. The summed E-state index contributed by atoms with van der Waals surface area (Å²) in [4.78, 5) is 18.0. The quantitative estimate of drug-likeness (QED) is 0.853. The molecule has 7 heteroatoms. The lowest BCUT2D eigenvalue weighted by molar-refractivity contribution is 0.185. The van der Waals surface area contributed by atoms with E-state index in [-0.39, 0.29) is 25.2 Å². The van der Waals surface area contributed by atoms with Gasteiger partial charge < -0.3 is 10.0 Å². The Bertz CT molecular complexity index is 597. The number of aliphatic hydroxyl groups excluding tert-OH is 1. The summed E-state index contributed by atoms with van der Waals surface area (Å²) in [5.74, 6) is 0.633. The monoisotopic (exact) mass is 303 g/mol. The zero-order valence-electron chi connectivity index (χ0n) is 12.8. The van der Waals surface area contributed by atoms with Crippen molar-refractivity contribution in [3.05, 3.63) is 42.4 Å². The third kappa shape index (κ3) is 4.05. The number of aromatic nitrogens is 3. The van der Waals surface area contributed by atoms with E-state index in [0.29, 0.717) is 12.4 Å². The lowest BCUT2D eigenvalue weighted by atomic mass is 10.2. The van der Waals surface area contributed by atoms with Crippen molar-refractivity contribution >= 4 is 11.8 Å². The third-order valence-electron chi connectivity index (χ3n) is 3.15. The summed E-state index contributed by atoms with van der Waals surface area (Å²) in [6.45, 7) is 4.51. The average molecular weight is 303 g/mol. The molecule has 22 heavy (non-hydrogen) atoms. The minimum Gasteiger partial charge on any atom is -0.395 e. The molecule has 0 bridgehead atoms. The summed E-state index contributed by atoms with van der Waals surface area (Å²) in [5, 5.41) is 16.2. The molecule has 2 rings (SSSR count). The first-order valence-corrected chi connectivity index (χ1v) is 7.21. The van der Waals surface area contributed by atoms with Crippen molar-refractivity contribution < 1.29 is 9.90 Å². The molecule has 0 spiro atoms. The van der Waals surface area contributed by atoms with Gasteiger partial charge in [-0.15, -0.1) is 0 Å². The zero-order chi connectivity index (χ0) is 15.9. The Labute approximate surface area is 129 Å². The fraction of sp³-hybridized carbons (Fsp3) is 0.400. The molecule has 0 radical (unpaired) electrons. The largest absolute Gasteiger partial charge is 0.395 e. The highest BCUT2D eigenvalue weighted by molar-refractivity contribution is 5.88.